The van der Waals surface area contributed by atoms with Gasteiger partial charge in [0, 0.05) is 6.07 Å². The summed E-state index contributed by atoms with van der Waals surface area (Å²) in [6, 6.07) is 2.77. The van der Waals surface area contributed by atoms with Gasteiger partial charge < -0.3 is 21.1 Å². The van der Waals surface area contributed by atoms with E-state index >= 15 is 0 Å². The SMILES string of the molecule is Nc1cc2c(cc1NC1(C(F)(F)F)CC1)NC(=O)CO2. The normalized spacial score (nSPS) is 19.6. The summed E-state index contributed by atoms with van der Waals surface area (Å²) in [6.45, 7) is -0.133. The number of carbonyl (C=O) groups excluding carboxylic acids is 1. The van der Waals surface area contributed by atoms with Gasteiger partial charge in [-0.15, -0.1) is 0 Å². The van der Waals surface area contributed by atoms with Gasteiger partial charge >= 0.3 is 6.18 Å². The maximum Gasteiger partial charge on any atom is 0.411 e. The van der Waals surface area contributed by atoms with Crippen LogP contribution < -0.4 is 21.1 Å². The van der Waals surface area contributed by atoms with Gasteiger partial charge in [0.05, 0.1) is 17.1 Å². The molecule has 0 saturated heterocycles. The third kappa shape index (κ3) is 2.00. The molecule has 1 aromatic rings. The Morgan fingerprint density at radius 2 is 2.05 bits per heavy atom. The van der Waals surface area contributed by atoms with Gasteiger partial charge in [-0.2, -0.15) is 13.2 Å². The van der Waals surface area contributed by atoms with Crippen molar-refractivity contribution in [3.8, 4) is 5.75 Å². The molecule has 0 radical (unpaired) electrons. The Kier molecular flexibility index (Phi) is 2.54. The van der Waals surface area contributed by atoms with Crippen LogP contribution in [0, 0.1) is 0 Å². The molecule has 2 aliphatic rings. The summed E-state index contributed by atoms with van der Waals surface area (Å²) in [6.07, 6.45) is -4.32. The van der Waals surface area contributed by atoms with Gasteiger partial charge in [0.15, 0.2) is 6.61 Å². The highest BCUT2D eigenvalue weighted by atomic mass is 19.4. The molecular weight excluding hydrogens is 275 g/mol. The molecule has 0 aromatic heterocycles. The van der Waals surface area contributed by atoms with Gasteiger partial charge in [-0.3, -0.25) is 4.79 Å². The number of halogens is 3. The molecule has 1 aliphatic carbocycles. The minimum atomic E-state index is -4.34. The van der Waals surface area contributed by atoms with Crippen molar-refractivity contribution >= 4 is 23.0 Å². The lowest BCUT2D eigenvalue weighted by Crippen LogP contribution is -2.39. The molecule has 108 valence electrons. The van der Waals surface area contributed by atoms with Crippen molar-refractivity contribution in [1.29, 1.82) is 0 Å². The first-order chi connectivity index (χ1) is 9.31. The van der Waals surface area contributed by atoms with Crippen LogP contribution in [0.4, 0.5) is 30.2 Å². The number of alkyl halides is 3. The van der Waals surface area contributed by atoms with E-state index in [-0.39, 0.29) is 36.7 Å². The molecule has 1 fully saturated rings. The molecule has 0 unspecified atom stereocenters. The summed E-state index contributed by atoms with van der Waals surface area (Å²) in [5.41, 5.74) is 4.43. The van der Waals surface area contributed by atoms with E-state index in [0.717, 1.165) is 0 Å². The first-order valence-corrected chi connectivity index (χ1v) is 6.02. The highest BCUT2D eigenvalue weighted by molar-refractivity contribution is 5.97. The third-order valence-electron chi connectivity index (χ3n) is 3.45. The van der Waals surface area contributed by atoms with Gasteiger partial charge in [-0.1, -0.05) is 0 Å². The lowest BCUT2D eigenvalue weighted by molar-refractivity contribution is -0.151. The monoisotopic (exact) mass is 287 g/mol. The molecule has 1 amide bonds. The lowest BCUT2D eigenvalue weighted by Gasteiger charge is -2.25. The number of ether oxygens (including phenoxy) is 1. The fraction of sp³-hybridized carbons (Fsp3) is 0.417. The van der Waals surface area contributed by atoms with Crippen LogP contribution >= 0.6 is 0 Å². The average molecular weight is 287 g/mol. The Hall–Kier alpha value is -2.12. The summed E-state index contributed by atoms with van der Waals surface area (Å²) >= 11 is 0. The first kappa shape index (κ1) is 12.9. The van der Waals surface area contributed by atoms with Crippen molar-refractivity contribution in [2.45, 2.75) is 24.6 Å². The summed E-state index contributed by atoms with van der Waals surface area (Å²) in [5.74, 6) is -0.00492. The van der Waals surface area contributed by atoms with Gasteiger partial charge in [0.25, 0.3) is 5.91 Å². The zero-order valence-corrected chi connectivity index (χ0v) is 10.3. The minimum Gasteiger partial charge on any atom is -0.482 e. The summed E-state index contributed by atoms with van der Waals surface area (Å²) < 4.78 is 43.9. The Morgan fingerprint density at radius 3 is 2.65 bits per heavy atom. The van der Waals surface area contributed by atoms with Crippen LogP contribution in [0.25, 0.3) is 0 Å². The van der Waals surface area contributed by atoms with Gasteiger partial charge in [-0.05, 0) is 18.9 Å². The van der Waals surface area contributed by atoms with Gasteiger partial charge in [0.2, 0.25) is 0 Å². The van der Waals surface area contributed by atoms with Crippen LogP contribution in [0.1, 0.15) is 12.8 Å². The molecule has 4 N–H and O–H groups in total. The number of hydrogen-bond acceptors (Lipinski definition) is 4. The van der Waals surface area contributed by atoms with Crippen LogP contribution in [-0.2, 0) is 4.79 Å². The number of benzene rings is 1. The molecule has 0 spiro atoms. The molecule has 8 heteroatoms. The third-order valence-corrected chi connectivity index (χ3v) is 3.45. The lowest BCUT2D eigenvalue weighted by atomic mass is 10.1. The van der Waals surface area contributed by atoms with E-state index in [2.05, 4.69) is 10.6 Å². The number of nitrogen functional groups attached to an aromatic ring is 1. The molecule has 1 aliphatic heterocycles. The molecule has 1 saturated carbocycles. The molecule has 20 heavy (non-hydrogen) atoms. The van der Waals surface area contributed by atoms with E-state index in [0.29, 0.717) is 11.4 Å². The van der Waals surface area contributed by atoms with Crippen molar-refractivity contribution in [2.24, 2.45) is 0 Å². The van der Waals surface area contributed by atoms with E-state index in [1.165, 1.54) is 12.1 Å². The second-order valence-electron chi connectivity index (χ2n) is 4.98. The summed E-state index contributed by atoms with van der Waals surface area (Å²) in [5, 5.41) is 4.98. The fourth-order valence-electron chi connectivity index (χ4n) is 2.11. The number of carbonyl (C=O) groups is 1. The van der Waals surface area contributed by atoms with Crippen LogP contribution in [-0.4, -0.2) is 24.2 Å². The standard InChI is InChI=1S/C12H12F3N3O2/c13-12(14,15)11(1-2-11)18-7-4-8-9(3-6(7)16)20-5-10(19)17-8/h3-4,18H,1-2,5,16H2,(H,17,19). The zero-order chi connectivity index (χ0) is 14.5. The first-order valence-electron chi connectivity index (χ1n) is 6.02. The Bertz CT molecular complexity index is 582. The second-order valence-corrected chi connectivity index (χ2v) is 4.98. The van der Waals surface area contributed by atoms with Gasteiger partial charge in [0.1, 0.15) is 11.3 Å². The van der Waals surface area contributed by atoms with E-state index in [9.17, 15) is 18.0 Å². The zero-order valence-electron chi connectivity index (χ0n) is 10.3. The summed E-state index contributed by atoms with van der Waals surface area (Å²) in [4.78, 5) is 11.2. The van der Waals surface area contributed by atoms with Crippen LogP contribution in [0.2, 0.25) is 0 Å². The van der Waals surface area contributed by atoms with Crippen LogP contribution in [0.15, 0.2) is 12.1 Å². The molecule has 1 heterocycles. The molecule has 0 atom stereocenters. The van der Waals surface area contributed by atoms with Crippen molar-refractivity contribution < 1.29 is 22.7 Å². The number of amides is 1. The Morgan fingerprint density at radius 1 is 1.35 bits per heavy atom. The Balaban J connectivity index is 1.91. The number of nitrogens with one attached hydrogen (secondary N) is 2. The van der Waals surface area contributed by atoms with E-state index in [1.807, 2.05) is 0 Å². The molecule has 3 rings (SSSR count). The number of hydrogen-bond donors (Lipinski definition) is 3. The Labute approximate surface area is 112 Å². The van der Waals surface area contributed by atoms with E-state index in [4.69, 9.17) is 10.5 Å². The van der Waals surface area contributed by atoms with Crippen LogP contribution in [0.5, 0.6) is 5.75 Å². The highest BCUT2D eigenvalue weighted by Gasteiger charge is 2.63. The van der Waals surface area contributed by atoms with E-state index in [1.54, 1.807) is 0 Å². The topological polar surface area (TPSA) is 76.4 Å². The second kappa shape index (κ2) is 3.94. The van der Waals surface area contributed by atoms with Crippen molar-refractivity contribution in [3.63, 3.8) is 0 Å². The maximum atomic E-state index is 12.9. The average Bonchev–Trinajstić information content (AvgIpc) is 3.11. The fourth-order valence-corrected chi connectivity index (χ4v) is 2.11. The van der Waals surface area contributed by atoms with Crippen molar-refractivity contribution in [2.75, 3.05) is 23.0 Å². The largest absolute Gasteiger partial charge is 0.482 e. The number of anilines is 3. The smallest absolute Gasteiger partial charge is 0.411 e. The number of rotatable bonds is 2. The van der Waals surface area contributed by atoms with Gasteiger partial charge in [-0.25, -0.2) is 0 Å². The predicted octanol–water partition coefficient (Wildman–Crippen LogP) is 2.11. The van der Waals surface area contributed by atoms with Crippen LogP contribution in [0.3, 0.4) is 0 Å². The van der Waals surface area contributed by atoms with Crippen molar-refractivity contribution in [3.05, 3.63) is 12.1 Å². The number of fused-ring (bicyclic) bond motifs is 1. The molecule has 0 bridgehead atoms. The van der Waals surface area contributed by atoms with Crippen molar-refractivity contribution in [1.82, 2.24) is 0 Å². The van der Waals surface area contributed by atoms with E-state index < -0.39 is 11.7 Å². The number of nitrogens with two attached hydrogens (primary N) is 1. The molecule has 5 nitrogen and oxygen atoms in total. The molecular formula is C12H12F3N3O2. The predicted molar refractivity (Wildman–Crippen MR) is 66.6 cm³/mol. The quantitative estimate of drug-likeness (QED) is 0.728. The summed E-state index contributed by atoms with van der Waals surface area (Å²) in [7, 11) is 0. The molecule has 1 aromatic carbocycles. The minimum absolute atomic E-state index is 0.00981. The maximum absolute atomic E-state index is 12.9. The highest BCUT2D eigenvalue weighted by Crippen LogP contribution is 2.52.